The van der Waals surface area contributed by atoms with Crippen LogP contribution in [0.4, 0.5) is 0 Å². The van der Waals surface area contributed by atoms with E-state index in [0.29, 0.717) is 31.3 Å². The van der Waals surface area contributed by atoms with Gasteiger partial charge < -0.3 is 10.1 Å². The summed E-state index contributed by atoms with van der Waals surface area (Å²) < 4.78 is 6.70. The zero-order valence-corrected chi connectivity index (χ0v) is 10.3. The van der Waals surface area contributed by atoms with Gasteiger partial charge in [0.1, 0.15) is 5.69 Å². The Balaban J connectivity index is 2.33. The SMILES string of the molecule is Cc1cc(C(=O)NCCOCCCl)n(C)n1. The van der Waals surface area contributed by atoms with E-state index in [-0.39, 0.29) is 5.91 Å². The first-order chi connectivity index (χ1) is 7.65. The summed E-state index contributed by atoms with van der Waals surface area (Å²) in [6.45, 7) is 3.29. The number of alkyl halides is 1. The summed E-state index contributed by atoms with van der Waals surface area (Å²) in [5, 5.41) is 6.84. The molecule has 0 radical (unpaired) electrons. The number of carbonyl (C=O) groups is 1. The van der Waals surface area contributed by atoms with Crippen LogP contribution < -0.4 is 5.32 Å². The van der Waals surface area contributed by atoms with Gasteiger partial charge in [-0.25, -0.2) is 0 Å². The molecule has 1 heterocycles. The average Bonchev–Trinajstić information content (AvgIpc) is 2.57. The fraction of sp³-hybridized carbons (Fsp3) is 0.600. The number of nitrogens with one attached hydrogen (secondary N) is 1. The van der Waals surface area contributed by atoms with Crippen molar-refractivity contribution in [3.05, 3.63) is 17.5 Å². The van der Waals surface area contributed by atoms with Crippen LogP contribution in [0.3, 0.4) is 0 Å². The number of aromatic nitrogens is 2. The van der Waals surface area contributed by atoms with Crippen molar-refractivity contribution in [1.82, 2.24) is 15.1 Å². The van der Waals surface area contributed by atoms with Crippen molar-refractivity contribution >= 4 is 17.5 Å². The Morgan fingerprint density at radius 2 is 2.38 bits per heavy atom. The van der Waals surface area contributed by atoms with Gasteiger partial charge in [-0.2, -0.15) is 5.10 Å². The number of halogens is 1. The first-order valence-corrected chi connectivity index (χ1v) is 5.61. The Hall–Kier alpha value is -1.07. The molecule has 0 aliphatic carbocycles. The molecular weight excluding hydrogens is 230 g/mol. The van der Waals surface area contributed by atoms with Crippen LogP contribution in [0.1, 0.15) is 16.2 Å². The molecule has 0 aliphatic rings. The molecule has 0 aliphatic heterocycles. The molecule has 0 unspecified atom stereocenters. The van der Waals surface area contributed by atoms with Crippen LogP contribution >= 0.6 is 11.6 Å². The highest BCUT2D eigenvalue weighted by Gasteiger charge is 2.10. The van der Waals surface area contributed by atoms with E-state index < -0.39 is 0 Å². The lowest BCUT2D eigenvalue weighted by Crippen LogP contribution is -2.29. The minimum atomic E-state index is -0.141. The second-order valence-corrected chi connectivity index (χ2v) is 3.73. The summed E-state index contributed by atoms with van der Waals surface area (Å²) in [4.78, 5) is 11.7. The van der Waals surface area contributed by atoms with Gasteiger partial charge in [-0.05, 0) is 13.0 Å². The molecule has 1 N–H and O–H groups in total. The van der Waals surface area contributed by atoms with Gasteiger partial charge in [0, 0.05) is 19.5 Å². The maximum atomic E-state index is 11.7. The van der Waals surface area contributed by atoms with Crippen LogP contribution in [0.15, 0.2) is 6.07 Å². The molecular formula is C10H16ClN3O2. The molecule has 1 amide bonds. The normalized spacial score (nSPS) is 10.4. The Bertz CT molecular complexity index is 352. The van der Waals surface area contributed by atoms with Crippen molar-refractivity contribution in [2.24, 2.45) is 7.05 Å². The molecule has 0 saturated carbocycles. The topological polar surface area (TPSA) is 56.1 Å². The maximum absolute atomic E-state index is 11.7. The van der Waals surface area contributed by atoms with Gasteiger partial charge in [-0.1, -0.05) is 0 Å². The molecule has 1 rings (SSSR count). The Kier molecular flexibility index (Phi) is 5.28. The third-order valence-corrected chi connectivity index (χ3v) is 2.14. The average molecular weight is 246 g/mol. The number of hydrogen-bond acceptors (Lipinski definition) is 3. The number of rotatable bonds is 6. The fourth-order valence-electron chi connectivity index (χ4n) is 1.31. The lowest BCUT2D eigenvalue weighted by Gasteiger charge is -2.05. The summed E-state index contributed by atoms with van der Waals surface area (Å²) in [7, 11) is 1.74. The van der Waals surface area contributed by atoms with Gasteiger partial charge >= 0.3 is 0 Å². The van der Waals surface area contributed by atoms with Crippen molar-refractivity contribution in [2.45, 2.75) is 6.92 Å². The van der Waals surface area contributed by atoms with E-state index in [2.05, 4.69) is 10.4 Å². The van der Waals surface area contributed by atoms with Gasteiger partial charge in [-0.3, -0.25) is 9.48 Å². The number of amides is 1. The van der Waals surface area contributed by atoms with Crippen molar-refractivity contribution in [2.75, 3.05) is 25.6 Å². The summed E-state index contributed by atoms with van der Waals surface area (Å²) in [5.74, 6) is 0.326. The number of hydrogen-bond donors (Lipinski definition) is 1. The number of aryl methyl sites for hydroxylation is 2. The fourth-order valence-corrected chi connectivity index (χ4v) is 1.42. The number of ether oxygens (including phenoxy) is 1. The predicted octanol–water partition coefficient (Wildman–Crippen LogP) is 0.714. The molecule has 1 aromatic rings. The quantitative estimate of drug-likeness (QED) is 0.593. The van der Waals surface area contributed by atoms with Crippen LogP contribution in [-0.4, -0.2) is 41.3 Å². The summed E-state index contributed by atoms with van der Waals surface area (Å²) >= 11 is 5.44. The van der Waals surface area contributed by atoms with Gasteiger partial charge in [0.15, 0.2) is 0 Å². The van der Waals surface area contributed by atoms with Crippen molar-refractivity contribution in [3.8, 4) is 0 Å². The molecule has 0 spiro atoms. The van der Waals surface area contributed by atoms with Gasteiger partial charge in [-0.15, -0.1) is 11.6 Å². The molecule has 1 aromatic heterocycles. The van der Waals surface area contributed by atoms with Crippen LogP contribution in [0.2, 0.25) is 0 Å². The van der Waals surface area contributed by atoms with E-state index >= 15 is 0 Å². The van der Waals surface area contributed by atoms with Crippen LogP contribution in [0.25, 0.3) is 0 Å². The summed E-state index contributed by atoms with van der Waals surface area (Å²) in [6, 6.07) is 1.74. The van der Waals surface area contributed by atoms with E-state index in [9.17, 15) is 4.79 Å². The molecule has 16 heavy (non-hydrogen) atoms. The van der Waals surface area contributed by atoms with Crippen LogP contribution in [0.5, 0.6) is 0 Å². The second kappa shape index (κ2) is 6.50. The van der Waals surface area contributed by atoms with Crippen LogP contribution in [-0.2, 0) is 11.8 Å². The molecule has 6 heteroatoms. The number of carbonyl (C=O) groups excluding carboxylic acids is 1. The zero-order valence-electron chi connectivity index (χ0n) is 9.49. The minimum absolute atomic E-state index is 0.141. The lowest BCUT2D eigenvalue weighted by atomic mass is 10.3. The number of nitrogens with zero attached hydrogens (tertiary/aromatic N) is 2. The highest BCUT2D eigenvalue weighted by Crippen LogP contribution is 2.00. The Labute approximate surface area is 99.7 Å². The van der Waals surface area contributed by atoms with E-state index in [1.165, 1.54) is 0 Å². The third kappa shape index (κ3) is 3.83. The first-order valence-electron chi connectivity index (χ1n) is 5.07. The lowest BCUT2D eigenvalue weighted by molar-refractivity contribution is 0.0914. The monoisotopic (exact) mass is 245 g/mol. The smallest absolute Gasteiger partial charge is 0.269 e. The van der Waals surface area contributed by atoms with E-state index in [1.807, 2.05) is 6.92 Å². The Morgan fingerprint density at radius 3 is 2.94 bits per heavy atom. The van der Waals surface area contributed by atoms with E-state index in [0.717, 1.165) is 5.69 Å². The molecule has 0 bridgehead atoms. The third-order valence-electron chi connectivity index (χ3n) is 1.99. The first kappa shape index (κ1) is 13.0. The molecule has 0 atom stereocenters. The molecule has 0 aromatic carbocycles. The standard InChI is InChI=1S/C10H16ClN3O2/c1-8-7-9(14(2)13-8)10(15)12-4-6-16-5-3-11/h7H,3-6H2,1-2H3,(H,12,15). The Morgan fingerprint density at radius 1 is 1.62 bits per heavy atom. The summed E-state index contributed by atoms with van der Waals surface area (Å²) in [6.07, 6.45) is 0. The van der Waals surface area contributed by atoms with Gasteiger partial charge in [0.25, 0.3) is 5.91 Å². The minimum Gasteiger partial charge on any atom is -0.378 e. The molecule has 0 saturated heterocycles. The molecule has 5 nitrogen and oxygen atoms in total. The molecule has 0 fully saturated rings. The van der Waals surface area contributed by atoms with Crippen molar-refractivity contribution < 1.29 is 9.53 Å². The predicted molar refractivity (Wildman–Crippen MR) is 61.8 cm³/mol. The van der Waals surface area contributed by atoms with E-state index in [1.54, 1.807) is 17.8 Å². The maximum Gasteiger partial charge on any atom is 0.269 e. The molecule has 90 valence electrons. The van der Waals surface area contributed by atoms with Crippen LogP contribution in [0, 0.1) is 6.92 Å². The second-order valence-electron chi connectivity index (χ2n) is 3.35. The largest absolute Gasteiger partial charge is 0.378 e. The van der Waals surface area contributed by atoms with Crippen molar-refractivity contribution in [3.63, 3.8) is 0 Å². The summed E-state index contributed by atoms with van der Waals surface area (Å²) in [5.41, 5.74) is 1.38. The zero-order chi connectivity index (χ0) is 12.0. The van der Waals surface area contributed by atoms with Gasteiger partial charge in [0.2, 0.25) is 0 Å². The highest BCUT2D eigenvalue weighted by atomic mass is 35.5. The van der Waals surface area contributed by atoms with E-state index in [4.69, 9.17) is 16.3 Å². The van der Waals surface area contributed by atoms with Crippen molar-refractivity contribution in [1.29, 1.82) is 0 Å². The highest BCUT2D eigenvalue weighted by molar-refractivity contribution is 6.17. The van der Waals surface area contributed by atoms with Gasteiger partial charge in [0.05, 0.1) is 18.9 Å².